The topological polar surface area (TPSA) is 26.3 Å². The van der Waals surface area contributed by atoms with Gasteiger partial charge in [-0.2, -0.15) is 0 Å². The van der Waals surface area contributed by atoms with E-state index in [4.69, 9.17) is 4.74 Å². The normalized spacial score (nSPS) is 8.40. The highest BCUT2D eigenvalue weighted by Crippen LogP contribution is 1.88. The largest absolute Gasteiger partial charge is 0.459 e. The molecule has 0 rings (SSSR count). The molecule has 0 aliphatic carbocycles. The lowest BCUT2D eigenvalue weighted by molar-refractivity contribution is -0.141. The summed E-state index contributed by atoms with van der Waals surface area (Å²) in [5.41, 5.74) is 2.63. The van der Waals surface area contributed by atoms with Crippen LogP contribution >= 0.6 is 0 Å². The average molecular weight is 140 g/mol. The molecular formula is C8H12O2. The lowest BCUT2D eigenvalue weighted by atomic mass is 10.5. The zero-order valence-corrected chi connectivity index (χ0v) is 6.55. The first-order valence-corrected chi connectivity index (χ1v) is 3.24. The molecule has 0 amide bonds. The maximum atomic E-state index is 10.7. The molecule has 0 aliphatic heterocycles. The predicted octanol–water partition coefficient (Wildman–Crippen LogP) is 1.67. The van der Waals surface area contributed by atoms with Crippen molar-refractivity contribution < 1.29 is 9.53 Å². The lowest BCUT2D eigenvalue weighted by Gasteiger charge is -2.02. The van der Waals surface area contributed by atoms with Gasteiger partial charge in [0, 0.05) is 0 Å². The lowest BCUT2D eigenvalue weighted by Crippen LogP contribution is -2.07. The van der Waals surface area contributed by atoms with E-state index in [1.54, 1.807) is 26.8 Å². The fourth-order valence-electron chi connectivity index (χ4n) is 0.418. The van der Waals surface area contributed by atoms with Gasteiger partial charge in [0.05, 0.1) is 12.2 Å². The average Bonchev–Trinajstić information content (AvgIpc) is 1.82. The molecule has 2 heteroatoms. The smallest absolute Gasteiger partial charge is 0.338 e. The zero-order valence-electron chi connectivity index (χ0n) is 6.55. The summed E-state index contributed by atoms with van der Waals surface area (Å²) in [5.74, 6) is -0.340. The van der Waals surface area contributed by atoms with Gasteiger partial charge in [0.1, 0.15) is 0 Å². The van der Waals surface area contributed by atoms with Crippen molar-refractivity contribution in [1.82, 2.24) is 0 Å². The summed E-state index contributed by atoms with van der Waals surface area (Å²) in [6, 6.07) is 0. The van der Waals surface area contributed by atoms with Gasteiger partial charge in [0.15, 0.2) is 0 Å². The number of rotatable bonds is 2. The van der Waals surface area contributed by atoms with Gasteiger partial charge in [0.2, 0.25) is 0 Å². The first-order valence-electron chi connectivity index (χ1n) is 3.24. The van der Waals surface area contributed by atoms with Crippen LogP contribution in [0.2, 0.25) is 0 Å². The van der Waals surface area contributed by atoms with Gasteiger partial charge in [-0.15, -0.1) is 5.73 Å². The first-order chi connectivity index (χ1) is 4.66. The predicted molar refractivity (Wildman–Crippen MR) is 39.6 cm³/mol. The van der Waals surface area contributed by atoms with Gasteiger partial charge in [-0.05, 0) is 26.8 Å². The maximum Gasteiger partial charge on any atom is 0.338 e. The Balaban J connectivity index is 3.76. The van der Waals surface area contributed by atoms with Gasteiger partial charge in [-0.3, -0.25) is 0 Å². The van der Waals surface area contributed by atoms with Crippen molar-refractivity contribution in [3.05, 3.63) is 17.9 Å². The number of esters is 1. The van der Waals surface area contributed by atoms with Crippen LogP contribution in [0.5, 0.6) is 0 Å². The van der Waals surface area contributed by atoms with E-state index in [1.807, 2.05) is 0 Å². The molecule has 0 aromatic heterocycles. The second kappa shape index (κ2) is 4.83. The van der Waals surface area contributed by atoms with Crippen LogP contribution in [0.4, 0.5) is 0 Å². The van der Waals surface area contributed by atoms with Crippen LogP contribution in [0, 0.1) is 0 Å². The molecule has 56 valence electrons. The van der Waals surface area contributed by atoms with E-state index in [0.29, 0.717) is 0 Å². The quantitative estimate of drug-likeness (QED) is 0.331. The molecule has 0 heterocycles. The van der Waals surface area contributed by atoms with Crippen molar-refractivity contribution in [3.63, 3.8) is 0 Å². The number of hydrogen-bond donors (Lipinski definition) is 0. The standard InChI is InChI=1S/C8H12O2/c1-4-5-6-8(9)10-7(2)3/h4,6-7H,1-3H3. The summed E-state index contributed by atoms with van der Waals surface area (Å²) in [5, 5.41) is 0. The molecular weight excluding hydrogens is 128 g/mol. The minimum absolute atomic E-state index is 0.0533. The van der Waals surface area contributed by atoms with Gasteiger partial charge in [-0.25, -0.2) is 4.79 Å². The molecule has 2 nitrogen and oxygen atoms in total. The van der Waals surface area contributed by atoms with Crippen LogP contribution in [0.1, 0.15) is 20.8 Å². The zero-order chi connectivity index (χ0) is 7.98. The molecule has 0 saturated carbocycles. The SMILES string of the molecule is CC=C=CC(=O)OC(C)C. The van der Waals surface area contributed by atoms with Crippen molar-refractivity contribution in [1.29, 1.82) is 0 Å². The van der Waals surface area contributed by atoms with Crippen LogP contribution in [0.15, 0.2) is 17.9 Å². The summed E-state index contributed by atoms with van der Waals surface area (Å²) in [6.07, 6.45) is 2.88. The van der Waals surface area contributed by atoms with E-state index in [-0.39, 0.29) is 12.1 Å². The van der Waals surface area contributed by atoms with Crippen LogP contribution in [0.25, 0.3) is 0 Å². The van der Waals surface area contributed by atoms with Crippen molar-refractivity contribution in [2.45, 2.75) is 26.9 Å². The second-order valence-electron chi connectivity index (χ2n) is 2.09. The van der Waals surface area contributed by atoms with Gasteiger partial charge < -0.3 is 4.74 Å². The molecule has 0 aromatic rings. The molecule has 0 saturated heterocycles. The van der Waals surface area contributed by atoms with Crippen LogP contribution in [-0.4, -0.2) is 12.1 Å². The van der Waals surface area contributed by atoms with Crippen LogP contribution in [0.3, 0.4) is 0 Å². The molecule has 0 atom stereocenters. The Bertz CT molecular complexity index is 162. The maximum absolute atomic E-state index is 10.7. The summed E-state index contributed by atoms with van der Waals surface area (Å²) in [4.78, 5) is 10.7. The van der Waals surface area contributed by atoms with E-state index in [0.717, 1.165) is 0 Å². The fourth-order valence-corrected chi connectivity index (χ4v) is 0.418. The van der Waals surface area contributed by atoms with Crippen molar-refractivity contribution in [3.8, 4) is 0 Å². The molecule has 0 bridgehead atoms. The van der Waals surface area contributed by atoms with Crippen molar-refractivity contribution >= 4 is 5.97 Å². The molecule has 0 aliphatic rings. The van der Waals surface area contributed by atoms with Crippen LogP contribution < -0.4 is 0 Å². The fraction of sp³-hybridized carbons (Fsp3) is 0.500. The van der Waals surface area contributed by atoms with E-state index in [2.05, 4.69) is 5.73 Å². The summed E-state index contributed by atoms with van der Waals surface area (Å²) in [7, 11) is 0. The highest BCUT2D eigenvalue weighted by molar-refractivity contribution is 5.81. The van der Waals surface area contributed by atoms with E-state index in [9.17, 15) is 4.79 Å². The minimum Gasteiger partial charge on any atom is -0.459 e. The van der Waals surface area contributed by atoms with Crippen molar-refractivity contribution in [2.75, 3.05) is 0 Å². The Morgan fingerprint density at radius 1 is 1.60 bits per heavy atom. The van der Waals surface area contributed by atoms with Gasteiger partial charge in [-0.1, -0.05) is 0 Å². The molecule has 0 unspecified atom stereocenters. The van der Waals surface area contributed by atoms with E-state index in [1.165, 1.54) is 6.08 Å². The van der Waals surface area contributed by atoms with E-state index < -0.39 is 0 Å². The third-order valence-corrected chi connectivity index (χ3v) is 0.720. The Morgan fingerprint density at radius 2 is 2.20 bits per heavy atom. The Morgan fingerprint density at radius 3 is 2.60 bits per heavy atom. The minimum atomic E-state index is -0.340. The van der Waals surface area contributed by atoms with Gasteiger partial charge >= 0.3 is 5.97 Å². The Hall–Kier alpha value is -1.01. The molecule has 10 heavy (non-hydrogen) atoms. The molecule has 0 radical (unpaired) electrons. The monoisotopic (exact) mass is 140 g/mol. The van der Waals surface area contributed by atoms with Crippen molar-refractivity contribution in [2.24, 2.45) is 0 Å². The second-order valence-corrected chi connectivity index (χ2v) is 2.09. The molecule has 0 N–H and O–H groups in total. The number of carbonyl (C=O) groups excluding carboxylic acids is 1. The number of hydrogen-bond acceptors (Lipinski definition) is 2. The van der Waals surface area contributed by atoms with Gasteiger partial charge in [0.25, 0.3) is 0 Å². The molecule has 0 spiro atoms. The molecule has 0 fully saturated rings. The third-order valence-electron chi connectivity index (χ3n) is 0.720. The number of ether oxygens (including phenoxy) is 1. The highest BCUT2D eigenvalue weighted by atomic mass is 16.5. The first kappa shape index (κ1) is 8.99. The number of carbonyl (C=O) groups is 1. The Kier molecular flexibility index (Phi) is 4.34. The Labute approximate surface area is 61.2 Å². The highest BCUT2D eigenvalue weighted by Gasteiger charge is 1.97. The molecule has 0 aromatic carbocycles. The summed E-state index contributed by atoms with van der Waals surface area (Å²) >= 11 is 0. The third kappa shape index (κ3) is 5.13. The van der Waals surface area contributed by atoms with Crippen LogP contribution in [-0.2, 0) is 9.53 Å². The van der Waals surface area contributed by atoms with E-state index >= 15 is 0 Å². The summed E-state index contributed by atoms with van der Waals surface area (Å²) in [6.45, 7) is 5.40. The summed E-state index contributed by atoms with van der Waals surface area (Å²) < 4.78 is 4.78.